The second kappa shape index (κ2) is 5.85. The molecule has 2 heterocycles. The maximum absolute atomic E-state index is 12.1. The first-order chi connectivity index (χ1) is 11.2. The zero-order chi connectivity index (χ0) is 16.4. The maximum Gasteiger partial charge on any atom is 0.357 e. The Morgan fingerprint density at radius 3 is 2.91 bits per heavy atom. The lowest BCUT2D eigenvalue weighted by atomic mass is 10.1. The van der Waals surface area contributed by atoms with Crippen LogP contribution in [0.2, 0.25) is 0 Å². The van der Waals surface area contributed by atoms with Gasteiger partial charge >= 0.3 is 5.97 Å². The highest BCUT2D eigenvalue weighted by Crippen LogP contribution is 2.27. The van der Waals surface area contributed by atoms with Crippen molar-refractivity contribution in [1.82, 2.24) is 4.57 Å². The number of para-hydroxylation sites is 1. The highest BCUT2D eigenvalue weighted by atomic mass is 16.5. The number of hydrogen-bond donors (Lipinski definition) is 1. The molecule has 23 heavy (non-hydrogen) atoms. The summed E-state index contributed by atoms with van der Waals surface area (Å²) in [4.78, 5) is 16.4. The second-order valence-corrected chi connectivity index (χ2v) is 4.83. The van der Waals surface area contributed by atoms with Crippen LogP contribution < -0.4 is 5.73 Å². The predicted molar refractivity (Wildman–Crippen MR) is 83.6 cm³/mol. The number of hydrogen-bond acceptors (Lipinski definition) is 6. The van der Waals surface area contributed by atoms with Crippen LogP contribution in [0.5, 0.6) is 0 Å². The van der Waals surface area contributed by atoms with Crippen LogP contribution in [0.1, 0.15) is 21.6 Å². The van der Waals surface area contributed by atoms with Crippen LogP contribution in [0.25, 0.3) is 5.69 Å². The fourth-order valence-electron chi connectivity index (χ4n) is 2.47. The molecule has 2 N–H and O–H groups in total. The quantitative estimate of drug-likeness (QED) is 0.865. The number of methoxy groups -OCH3 is 1. The molecule has 0 radical (unpaired) electrons. The number of nitrogens with two attached hydrogens (primary N) is 1. The summed E-state index contributed by atoms with van der Waals surface area (Å²) in [5, 5.41) is 9.19. The van der Waals surface area contributed by atoms with E-state index in [9.17, 15) is 10.1 Å². The number of aliphatic imine (C=N–C) groups is 1. The Morgan fingerprint density at radius 1 is 1.48 bits per heavy atom. The van der Waals surface area contributed by atoms with Gasteiger partial charge in [-0.1, -0.05) is 12.1 Å². The lowest BCUT2D eigenvalue weighted by molar-refractivity contribution is 0.0593. The van der Waals surface area contributed by atoms with E-state index in [1.165, 1.54) is 13.3 Å². The molecule has 1 aliphatic rings. The molecule has 0 bridgehead atoms. The van der Waals surface area contributed by atoms with E-state index in [2.05, 4.69) is 4.99 Å². The van der Waals surface area contributed by atoms with Gasteiger partial charge in [-0.05, 0) is 12.1 Å². The standard InChI is InChI=1S/C16H14N4O3/c1-22-16(21)14-13(18)10(8-17)9-20(14)12-5-3-2-4-11(12)15-19-6-7-23-15/h2-5,9H,6-7,18H2,1H3. The number of anilines is 1. The van der Waals surface area contributed by atoms with Gasteiger partial charge in [0.15, 0.2) is 5.69 Å². The monoisotopic (exact) mass is 310 g/mol. The van der Waals surface area contributed by atoms with Gasteiger partial charge in [0.05, 0.1) is 36.2 Å². The van der Waals surface area contributed by atoms with E-state index in [1.54, 1.807) is 10.6 Å². The number of nitrogen functional groups attached to an aromatic ring is 1. The predicted octanol–water partition coefficient (Wildman–Crippen LogP) is 1.49. The van der Waals surface area contributed by atoms with Crippen molar-refractivity contribution in [3.05, 3.63) is 47.3 Å². The molecular weight excluding hydrogens is 296 g/mol. The van der Waals surface area contributed by atoms with Gasteiger partial charge in [0.25, 0.3) is 0 Å². The van der Waals surface area contributed by atoms with E-state index in [1.807, 2.05) is 24.3 Å². The van der Waals surface area contributed by atoms with E-state index in [-0.39, 0.29) is 16.9 Å². The molecule has 0 saturated carbocycles. The Labute approximate surface area is 132 Å². The van der Waals surface area contributed by atoms with Crippen LogP contribution in [0.3, 0.4) is 0 Å². The molecule has 0 saturated heterocycles. The largest absolute Gasteiger partial charge is 0.475 e. The van der Waals surface area contributed by atoms with Gasteiger partial charge in [-0.3, -0.25) is 0 Å². The minimum atomic E-state index is -0.618. The number of ether oxygens (including phenoxy) is 2. The van der Waals surface area contributed by atoms with Gasteiger partial charge in [0.1, 0.15) is 12.7 Å². The van der Waals surface area contributed by atoms with Crippen molar-refractivity contribution in [2.24, 2.45) is 4.99 Å². The molecule has 7 nitrogen and oxygen atoms in total. The third kappa shape index (κ3) is 2.40. The zero-order valence-electron chi connectivity index (χ0n) is 12.4. The van der Waals surface area contributed by atoms with Gasteiger partial charge < -0.3 is 19.8 Å². The van der Waals surface area contributed by atoms with Crippen molar-refractivity contribution in [2.45, 2.75) is 0 Å². The van der Waals surface area contributed by atoms with Crippen molar-refractivity contribution >= 4 is 17.6 Å². The SMILES string of the molecule is COC(=O)c1c(N)c(C#N)cn1-c1ccccc1C1=NCCO1. The molecule has 2 aromatic rings. The van der Waals surface area contributed by atoms with Crippen LogP contribution >= 0.6 is 0 Å². The molecule has 0 unspecified atom stereocenters. The second-order valence-electron chi connectivity index (χ2n) is 4.83. The number of aromatic nitrogens is 1. The number of carbonyl (C=O) groups excluding carboxylic acids is 1. The molecule has 1 aromatic heterocycles. The zero-order valence-corrected chi connectivity index (χ0v) is 12.4. The summed E-state index contributed by atoms with van der Waals surface area (Å²) in [6, 6.07) is 9.28. The first-order valence-corrected chi connectivity index (χ1v) is 6.93. The van der Waals surface area contributed by atoms with E-state index >= 15 is 0 Å². The van der Waals surface area contributed by atoms with Crippen LogP contribution in [0, 0.1) is 11.3 Å². The van der Waals surface area contributed by atoms with Crippen molar-refractivity contribution < 1.29 is 14.3 Å². The topological polar surface area (TPSA) is 103 Å². The highest BCUT2D eigenvalue weighted by molar-refractivity contribution is 6.00. The van der Waals surface area contributed by atoms with E-state index in [0.29, 0.717) is 24.7 Å². The molecule has 1 aromatic carbocycles. The molecule has 0 aliphatic carbocycles. The average Bonchev–Trinajstić information content (AvgIpc) is 3.22. The summed E-state index contributed by atoms with van der Waals surface area (Å²) in [7, 11) is 1.27. The van der Waals surface area contributed by atoms with Gasteiger partial charge in [-0.25, -0.2) is 9.79 Å². The fraction of sp³-hybridized carbons (Fsp3) is 0.188. The number of nitrogens with zero attached hydrogens (tertiary/aromatic N) is 3. The molecule has 0 atom stereocenters. The molecular formula is C16H14N4O3. The molecule has 3 rings (SSSR count). The Kier molecular flexibility index (Phi) is 3.73. The minimum absolute atomic E-state index is 0.0865. The molecule has 0 spiro atoms. The van der Waals surface area contributed by atoms with Crippen LogP contribution in [-0.2, 0) is 9.47 Å². The smallest absolute Gasteiger partial charge is 0.357 e. The van der Waals surface area contributed by atoms with E-state index in [0.717, 1.165) is 5.56 Å². The lowest BCUT2D eigenvalue weighted by Crippen LogP contribution is -2.14. The summed E-state index contributed by atoms with van der Waals surface area (Å²) in [6.07, 6.45) is 1.51. The fourth-order valence-corrected chi connectivity index (χ4v) is 2.47. The van der Waals surface area contributed by atoms with Crippen LogP contribution in [0.15, 0.2) is 35.5 Å². The number of nitriles is 1. The summed E-state index contributed by atoms with van der Waals surface area (Å²) in [5.74, 6) is -0.115. The number of rotatable bonds is 3. The van der Waals surface area contributed by atoms with Gasteiger partial charge in [0.2, 0.25) is 5.90 Å². The number of carbonyl (C=O) groups is 1. The van der Waals surface area contributed by atoms with Gasteiger partial charge in [0, 0.05) is 6.20 Å². The molecule has 0 fully saturated rings. The normalized spacial score (nSPS) is 13.1. The molecule has 116 valence electrons. The highest BCUT2D eigenvalue weighted by Gasteiger charge is 2.24. The van der Waals surface area contributed by atoms with Gasteiger partial charge in [-0.2, -0.15) is 5.26 Å². The molecule has 1 aliphatic heterocycles. The first kappa shape index (κ1) is 14.7. The lowest BCUT2D eigenvalue weighted by Gasteiger charge is -2.13. The van der Waals surface area contributed by atoms with E-state index in [4.69, 9.17) is 15.2 Å². The Morgan fingerprint density at radius 2 is 2.26 bits per heavy atom. The van der Waals surface area contributed by atoms with Crippen molar-refractivity contribution in [2.75, 3.05) is 26.0 Å². The van der Waals surface area contributed by atoms with Crippen LogP contribution in [-0.4, -0.2) is 36.7 Å². The maximum atomic E-state index is 12.1. The molecule has 0 amide bonds. The number of esters is 1. The third-order valence-electron chi connectivity index (χ3n) is 3.52. The minimum Gasteiger partial charge on any atom is -0.475 e. The summed E-state index contributed by atoms with van der Waals surface area (Å²) in [5.41, 5.74) is 7.68. The van der Waals surface area contributed by atoms with Crippen LogP contribution in [0.4, 0.5) is 5.69 Å². The Hall–Kier alpha value is -3.27. The van der Waals surface area contributed by atoms with Crippen molar-refractivity contribution in [1.29, 1.82) is 5.26 Å². The summed E-state index contributed by atoms with van der Waals surface area (Å²) >= 11 is 0. The third-order valence-corrected chi connectivity index (χ3v) is 3.52. The average molecular weight is 310 g/mol. The Bertz CT molecular complexity index is 845. The first-order valence-electron chi connectivity index (χ1n) is 6.93. The summed E-state index contributed by atoms with van der Waals surface area (Å²) in [6.45, 7) is 1.11. The van der Waals surface area contributed by atoms with Crippen molar-refractivity contribution in [3.63, 3.8) is 0 Å². The number of benzene rings is 1. The van der Waals surface area contributed by atoms with Gasteiger partial charge in [-0.15, -0.1) is 0 Å². The molecule has 7 heteroatoms. The summed E-state index contributed by atoms with van der Waals surface area (Å²) < 4.78 is 11.8. The van der Waals surface area contributed by atoms with Crippen molar-refractivity contribution in [3.8, 4) is 11.8 Å². The van der Waals surface area contributed by atoms with E-state index < -0.39 is 5.97 Å². The Balaban J connectivity index is 2.24.